The number of anilines is 2. The van der Waals surface area contributed by atoms with E-state index in [2.05, 4.69) is 5.32 Å². The van der Waals surface area contributed by atoms with Crippen LogP contribution in [-0.4, -0.2) is 20.0 Å². The summed E-state index contributed by atoms with van der Waals surface area (Å²) in [4.78, 5) is 14.4. The monoisotopic (exact) mass is 319 g/mol. The fourth-order valence-corrected chi connectivity index (χ4v) is 2.38. The number of rotatable bonds is 4. The molecule has 2 rings (SSSR count). The van der Waals surface area contributed by atoms with Gasteiger partial charge in [0, 0.05) is 25.5 Å². The van der Waals surface area contributed by atoms with Crippen LogP contribution in [-0.2, 0) is 4.79 Å². The molecule has 0 aliphatic heterocycles. The number of nitrogens with zero attached hydrogens (tertiary/aromatic N) is 2. The predicted octanol–water partition coefficient (Wildman–Crippen LogP) is 3.92. The number of benzene rings is 2. The Hall–Kier alpha value is -3.06. The highest BCUT2D eigenvalue weighted by atomic mass is 16.1. The van der Waals surface area contributed by atoms with Crippen LogP contribution in [0.15, 0.2) is 48.0 Å². The second-order valence-electron chi connectivity index (χ2n) is 5.88. The van der Waals surface area contributed by atoms with E-state index in [-0.39, 0.29) is 5.57 Å². The van der Waals surface area contributed by atoms with E-state index < -0.39 is 5.91 Å². The van der Waals surface area contributed by atoms with Crippen molar-refractivity contribution in [2.24, 2.45) is 0 Å². The van der Waals surface area contributed by atoms with Crippen molar-refractivity contribution in [3.05, 3.63) is 64.7 Å². The smallest absolute Gasteiger partial charge is 0.266 e. The van der Waals surface area contributed by atoms with Gasteiger partial charge in [-0.25, -0.2) is 0 Å². The van der Waals surface area contributed by atoms with Crippen molar-refractivity contribution in [1.82, 2.24) is 0 Å². The number of nitrogens with one attached hydrogen (secondary N) is 1. The molecule has 1 amide bonds. The van der Waals surface area contributed by atoms with Gasteiger partial charge in [0.1, 0.15) is 11.6 Å². The third-order valence-corrected chi connectivity index (χ3v) is 3.81. The minimum atomic E-state index is -0.397. The molecule has 1 N–H and O–H groups in total. The molecular formula is C20H21N3O. The number of amides is 1. The lowest BCUT2D eigenvalue weighted by Crippen LogP contribution is -2.15. The Balaban J connectivity index is 2.24. The molecule has 0 saturated heterocycles. The maximum Gasteiger partial charge on any atom is 0.266 e. The third-order valence-electron chi connectivity index (χ3n) is 3.81. The number of aryl methyl sites for hydroxylation is 2. The largest absolute Gasteiger partial charge is 0.378 e. The zero-order valence-electron chi connectivity index (χ0n) is 14.4. The third kappa shape index (κ3) is 4.02. The zero-order chi connectivity index (χ0) is 17.7. The Morgan fingerprint density at radius 3 is 2.17 bits per heavy atom. The molecule has 0 fully saturated rings. The number of nitriles is 1. The normalized spacial score (nSPS) is 10.9. The Morgan fingerprint density at radius 1 is 1.08 bits per heavy atom. The summed E-state index contributed by atoms with van der Waals surface area (Å²) in [5.74, 6) is -0.397. The highest BCUT2D eigenvalue weighted by Gasteiger charge is 2.12. The molecule has 0 spiro atoms. The lowest BCUT2D eigenvalue weighted by atomic mass is 10.1. The first kappa shape index (κ1) is 17.3. The molecule has 0 unspecified atom stereocenters. The Morgan fingerprint density at radius 2 is 1.67 bits per heavy atom. The van der Waals surface area contributed by atoms with E-state index in [1.165, 1.54) is 0 Å². The van der Waals surface area contributed by atoms with Crippen LogP contribution in [0, 0.1) is 25.2 Å². The van der Waals surface area contributed by atoms with Crippen molar-refractivity contribution in [2.75, 3.05) is 24.3 Å². The lowest BCUT2D eigenvalue weighted by molar-refractivity contribution is -0.112. The Labute approximate surface area is 143 Å². The van der Waals surface area contributed by atoms with Crippen molar-refractivity contribution >= 4 is 23.4 Å². The van der Waals surface area contributed by atoms with E-state index in [0.29, 0.717) is 0 Å². The van der Waals surface area contributed by atoms with Crippen molar-refractivity contribution < 1.29 is 4.79 Å². The summed E-state index contributed by atoms with van der Waals surface area (Å²) in [5.41, 5.74) is 4.65. The molecule has 2 aromatic rings. The molecule has 4 nitrogen and oxygen atoms in total. The maximum atomic E-state index is 12.4. The summed E-state index contributed by atoms with van der Waals surface area (Å²) in [6, 6.07) is 15.5. The summed E-state index contributed by atoms with van der Waals surface area (Å²) in [6.45, 7) is 3.86. The Bertz CT molecular complexity index is 792. The fourth-order valence-electron chi connectivity index (χ4n) is 2.38. The van der Waals surface area contributed by atoms with Gasteiger partial charge in [-0.05, 0) is 48.7 Å². The van der Waals surface area contributed by atoms with Gasteiger partial charge in [0.2, 0.25) is 0 Å². The summed E-state index contributed by atoms with van der Waals surface area (Å²) >= 11 is 0. The SMILES string of the molecule is Cc1cccc(C)c1NC(=O)/C(C#N)=C\c1ccc(N(C)C)cc1. The standard InChI is InChI=1S/C20H21N3O/c1-14-6-5-7-15(2)19(14)22-20(24)17(13-21)12-16-8-10-18(11-9-16)23(3)4/h5-12H,1-4H3,(H,22,24)/b17-12-. The van der Waals surface area contributed by atoms with E-state index in [1.54, 1.807) is 6.08 Å². The molecule has 0 radical (unpaired) electrons. The van der Waals surface area contributed by atoms with Crippen LogP contribution in [0.5, 0.6) is 0 Å². The van der Waals surface area contributed by atoms with Gasteiger partial charge in [0.15, 0.2) is 0 Å². The molecule has 0 aliphatic carbocycles. The van der Waals surface area contributed by atoms with Gasteiger partial charge in [-0.2, -0.15) is 5.26 Å². The molecule has 0 saturated carbocycles. The summed E-state index contributed by atoms with van der Waals surface area (Å²) < 4.78 is 0. The molecule has 122 valence electrons. The maximum absolute atomic E-state index is 12.4. The predicted molar refractivity (Wildman–Crippen MR) is 98.9 cm³/mol. The summed E-state index contributed by atoms with van der Waals surface area (Å²) in [5, 5.41) is 12.2. The van der Waals surface area contributed by atoms with Crippen molar-refractivity contribution in [1.29, 1.82) is 5.26 Å². The van der Waals surface area contributed by atoms with E-state index >= 15 is 0 Å². The van der Waals surface area contributed by atoms with Gasteiger partial charge in [-0.1, -0.05) is 30.3 Å². The summed E-state index contributed by atoms with van der Waals surface area (Å²) in [6.07, 6.45) is 1.60. The van der Waals surface area contributed by atoms with Crippen LogP contribution in [0.2, 0.25) is 0 Å². The highest BCUT2D eigenvalue weighted by Crippen LogP contribution is 2.21. The van der Waals surface area contributed by atoms with Gasteiger partial charge in [0.05, 0.1) is 0 Å². The van der Waals surface area contributed by atoms with Gasteiger partial charge in [0.25, 0.3) is 5.91 Å². The highest BCUT2D eigenvalue weighted by molar-refractivity contribution is 6.10. The minimum absolute atomic E-state index is 0.0789. The van der Waals surface area contributed by atoms with Crippen LogP contribution >= 0.6 is 0 Å². The van der Waals surface area contributed by atoms with Crippen molar-refractivity contribution in [2.45, 2.75) is 13.8 Å². The van der Waals surface area contributed by atoms with E-state index in [4.69, 9.17) is 0 Å². The lowest BCUT2D eigenvalue weighted by Gasteiger charge is -2.12. The topological polar surface area (TPSA) is 56.1 Å². The van der Waals surface area contributed by atoms with Gasteiger partial charge in [-0.15, -0.1) is 0 Å². The molecule has 0 heterocycles. The van der Waals surface area contributed by atoms with Gasteiger partial charge in [-0.3, -0.25) is 4.79 Å². The number of carbonyl (C=O) groups excluding carboxylic acids is 1. The number of para-hydroxylation sites is 1. The number of hydrogen-bond acceptors (Lipinski definition) is 3. The van der Waals surface area contributed by atoms with E-state index in [9.17, 15) is 10.1 Å². The molecule has 24 heavy (non-hydrogen) atoms. The van der Waals surface area contributed by atoms with Crippen LogP contribution in [0.25, 0.3) is 6.08 Å². The first-order valence-corrected chi connectivity index (χ1v) is 7.69. The van der Waals surface area contributed by atoms with Crippen LogP contribution < -0.4 is 10.2 Å². The second kappa shape index (κ2) is 7.47. The molecule has 0 atom stereocenters. The molecule has 2 aromatic carbocycles. The molecular weight excluding hydrogens is 298 g/mol. The second-order valence-corrected chi connectivity index (χ2v) is 5.88. The fraction of sp³-hybridized carbons (Fsp3) is 0.200. The average Bonchev–Trinajstić information content (AvgIpc) is 2.56. The van der Waals surface area contributed by atoms with Crippen LogP contribution in [0.4, 0.5) is 11.4 Å². The van der Waals surface area contributed by atoms with Gasteiger partial charge < -0.3 is 10.2 Å². The first-order valence-electron chi connectivity index (χ1n) is 7.69. The van der Waals surface area contributed by atoms with Crippen molar-refractivity contribution in [3.8, 4) is 6.07 Å². The molecule has 0 aromatic heterocycles. The Kier molecular flexibility index (Phi) is 5.39. The zero-order valence-corrected chi connectivity index (χ0v) is 14.4. The number of hydrogen-bond donors (Lipinski definition) is 1. The van der Waals surface area contributed by atoms with Crippen LogP contribution in [0.1, 0.15) is 16.7 Å². The van der Waals surface area contributed by atoms with Gasteiger partial charge >= 0.3 is 0 Å². The quantitative estimate of drug-likeness (QED) is 0.686. The number of carbonyl (C=O) groups is 1. The minimum Gasteiger partial charge on any atom is -0.378 e. The van der Waals surface area contributed by atoms with E-state index in [0.717, 1.165) is 28.1 Å². The van der Waals surface area contributed by atoms with Crippen molar-refractivity contribution in [3.63, 3.8) is 0 Å². The van der Waals surface area contributed by atoms with E-state index in [1.807, 2.05) is 81.4 Å². The molecule has 0 aliphatic rings. The average molecular weight is 319 g/mol. The van der Waals surface area contributed by atoms with Crippen LogP contribution in [0.3, 0.4) is 0 Å². The molecule has 4 heteroatoms. The first-order chi connectivity index (χ1) is 11.4. The molecule has 0 bridgehead atoms. The summed E-state index contributed by atoms with van der Waals surface area (Å²) in [7, 11) is 3.92.